The highest BCUT2D eigenvalue weighted by Crippen LogP contribution is 2.36. The number of rotatable bonds is 7. The Morgan fingerprint density at radius 1 is 1.08 bits per heavy atom. The van der Waals surface area contributed by atoms with Crippen molar-refractivity contribution in [3.63, 3.8) is 0 Å². The Balaban J connectivity index is 1.10. The molecule has 0 unspecified atom stereocenters. The molecule has 7 nitrogen and oxygen atoms in total. The van der Waals surface area contributed by atoms with E-state index < -0.39 is 0 Å². The van der Waals surface area contributed by atoms with Gasteiger partial charge in [0.15, 0.2) is 0 Å². The van der Waals surface area contributed by atoms with Crippen LogP contribution in [0.4, 0.5) is 5.95 Å². The van der Waals surface area contributed by atoms with Gasteiger partial charge in [0.05, 0.1) is 18.3 Å². The summed E-state index contributed by atoms with van der Waals surface area (Å²) in [6.45, 7) is 5.57. The minimum absolute atomic E-state index is 0.00866. The molecule has 1 aromatic heterocycles. The van der Waals surface area contributed by atoms with Gasteiger partial charge >= 0.3 is 0 Å². The molecule has 3 atom stereocenters. The first-order valence-electron chi connectivity index (χ1n) is 14.8. The molecule has 6 rings (SSSR count). The van der Waals surface area contributed by atoms with E-state index >= 15 is 0 Å². The molecule has 0 spiro atoms. The fraction of sp³-hybridized carbons (Fsp3) is 0.645. The highest BCUT2D eigenvalue weighted by Gasteiger charge is 2.39. The first-order valence-corrected chi connectivity index (χ1v) is 14.8. The molecule has 4 aliphatic rings. The zero-order valence-electron chi connectivity index (χ0n) is 23.0. The molecule has 3 heterocycles. The van der Waals surface area contributed by atoms with Gasteiger partial charge in [-0.25, -0.2) is 9.97 Å². The number of benzene rings is 1. The van der Waals surface area contributed by atoms with Crippen molar-refractivity contribution >= 4 is 11.9 Å². The maximum atomic E-state index is 14.0. The average molecular weight is 518 g/mol. The van der Waals surface area contributed by atoms with Gasteiger partial charge in [0.25, 0.3) is 0 Å². The van der Waals surface area contributed by atoms with Crippen LogP contribution >= 0.6 is 0 Å². The number of hydrogen-bond donors (Lipinski definition) is 1. The number of carbonyl (C=O) groups is 1. The number of likely N-dealkylation sites (tertiary alicyclic amines) is 1. The molecule has 2 saturated carbocycles. The van der Waals surface area contributed by atoms with Gasteiger partial charge in [0.2, 0.25) is 11.9 Å². The highest BCUT2D eigenvalue weighted by molar-refractivity contribution is 5.80. The second-order valence-corrected chi connectivity index (χ2v) is 12.3. The van der Waals surface area contributed by atoms with E-state index in [0.717, 1.165) is 69.8 Å². The molecule has 1 N–H and O–H groups in total. The molecule has 2 aromatic rings. The van der Waals surface area contributed by atoms with E-state index in [4.69, 9.17) is 9.72 Å². The van der Waals surface area contributed by atoms with E-state index in [1.807, 2.05) is 6.20 Å². The van der Waals surface area contributed by atoms with E-state index in [9.17, 15) is 4.79 Å². The molecule has 1 aromatic carbocycles. The zero-order valence-corrected chi connectivity index (χ0v) is 23.0. The molecular weight excluding hydrogens is 474 g/mol. The van der Waals surface area contributed by atoms with Crippen molar-refractivity contribution in [3.05, 3.63) is 53.3 Å². The van der Waals surface area contributed by atoms with Gasteiger partial charge in [-0.2, -0.15) is 0 Å². The number of ether oxygens (including phenoxy) is 1. The number of fused-ring (bicyclic) bond motifs is 1. The monoisotopic (exact) mass is 517 g/mol. The Kier molecular flexibility index (Phi) is 7.66. The lowest BCUT2D eigenvalue weighted by molar-refractivity contribution is -0.141. The molecule has 0 radical (unpaired) electrons. The van der Waals surface area contributed by atoms with Gasteiger partial charge in [0, 0.05) is 43.3 Å². The molecular formula is C31H43N5O2. The minimum atomic E-state index is 0.00866. The molecule has 3 fully saturated rings. The molecule has 7 heteroatoms. The van der Waals surface area contributed by atoms with Crippen LogP contribution in [0.1, 0.15) is 74.6 Å². The Labute approximate surface area is 227 Å². The van der Waals surface area contributed by atoms with Crippen molar-refractivity contribution in [2.24, 2.45) is 11.8 Å². The molecule has 1 amide bonds. The van der Waals surface area contributed by atoms with Gasteiger partial charge < -0.3 is 19.9 Å². The normalized spacial score (nSPS) is 30.1. The number of likely N-dealkylation sites (N-methyl/N-ethyl adjacent to an activating group) is 1. The number of carbonyl (C=O) groups excluding carboxylic acids is 1. The summed E-state index contributed by atoms with van der Waals surface area (Å²) in [6, 6.07) is 11.1. The van der Waals surface area contributed by atoms with Crippen LogP contribution in [0.25, 0.3) is 0 Å². The smallest absolute Gasteiger partial charge is 0.227 e. The summed E-state index contributed by atoms with van der Waals surface area (Å²) in [5.74, 6) is 2.04. The summed E-state index contributed by atoms with van der Waals surface area (Å²) >= 11 is 0. The predicted molar refractivity (Wildman–Crippen MR) is 149 cm³/mol. The second kappa shape index (κ2) is 11.3. The fourth-order valence-electron chi connectivity index (χ4n) is 6.63. The van der Waals surface area contributed by atoms with Gasteiger partial charge in [-0.15, -0.1) is 0 Å². The van der Waals surface area contributed by atoms with Crippen LogP contribution in [0, 0.1) is 11.8 Å². The molecule has 204 valence electrons. The quantitative estimate of drug-likeness (QED) is 0.577. The van der Waals surface area contributed by atoms with Crippen molar-refractivity contribution in [1.82, 2.24) is 19.8 Å². The van der Waals surface area contributed by atoms with Crippen LogP contribution in [0.15, 0.2) is 36.5 Å². The summed E-state index contributed by atoms with van der Waals surface area (Å²) in [6.07, 6.45) is 11.2. The maximum Gasteiger partial charge on any atom is 0.227 e. The molecule has 2 aliphatic carbocycles. The van der Waals surface area contributed by atoms with Crippen molar-refractivity contribution in [2.75, 3.05) is 32.1 Å². The third kappa shape index (κ3) is 5.89. The van der Waals surface area contributed by atoms with E-state index in [1.54, 1.807) is 0 Å². The van der Waals surface area contributed by atoms with Crippen LogP contribution in [0.3, 0.4) is 0 Å². The van der Waals surface area contributed by atoms with Crippen LogP contribution < -0.4 is 5.32 Å². The lowest BCUT2D eigenvalue weighted by Gasteiger charge is -2.42. The SMILES string of the molecule is C[C@@H]1Cc2cnc(NC3CCC(OCC4CC4)CC3)nc2CN1C(=O)[C@H]1CCN(C)C[C@@H]1c1ccccc1. The zero-order chi connectivity index (χ0) is 26.1. The lowest BCUT2D eigenvalue weighted by Crippen LogP contribution is -2.50. The van der Waals surface area contributed by atoms with Gasteiger partial charge in [0.1, 0.15) is 0 Å². The van der Waals surface area contributed by atoms with E-state index in [-0.39, 0.29) is 23.8 Å². The van der Waals surface area contributed by atoms with Crippen LogP contribution in [0.5, 0.6) is 0 Å². The van der Waals surface area contributed by atoms with Crippen molar-refractivity contribution in [1.29, 1.82) is 0 Å². The maximum absolute atomic E-state index is 14.0. The van der Waals surface area contributed by atoms with Gasteiger partial charge in [-0.3, -0.25) is 4.79 Å². The van der Waals surface area contributed by atoms with E-state index in [0.29, 0.717) is 24.6 Å². The fourth-order valence-corrected chi connectivity index (χ4v) is 6.63. The van der Waals surface area contributed by atoms with Crippen LogP contribution in [-0.4, -0.2) is 70.6 Å². The highest BCUT2D eigenvalue weighted by atomic mass is 16.5. The minimum Gasteiger partial charge on any atom is -0.378 e. The topological polar surface area (TPSA) is 70.6 Å². The lowest BCUT2D eigenvalue weighted by atomic mass is 9.79. The molecule has 0 bridgehead atoms. The second-order valence-electron chi connectivity index (χ2n) is 12.3. The summed E-state index contributed by atoms with van der Waals surface area (Å²) in [4.78, 5) is 28.1. The summed E-state index contributed by atoms with van der Waals surface area (Å²) in [7, 11) is 2.16. The summed E-state index contributed by atoms with van der Waals surface area (Å²) in [5.41, 5.74) is 3.44. The predicted octanol–water partition coefficient (Wildman–Crippen LogP) is 4.64. The van der Waals surface area contributed by atoms with E-state index in [1.165, 1.54) is 24.0 Å². The third-order valence-corrected chi connectivity index (χ3v) is 9.24. The summed E-state index contributed by atoms with van der Waals surface area (Å²) < 4.78 is 6.12. The standard InChI is InChI=1S/C31H43N5O2/c1-21-16-24-17-32-31(33-25-10-12-26(13-11-25)38-20-22-8-9-22)34-29(24)19-36(21)30(37)27-14-15-35(2)18-28(27)23-6-4-3-5-7-23/h3-7,17,21-22,25-28H,8-16,18-20H2,1-2H3,(H,32,33,34)/t21-,25?,26?,27+,28-/m1/s1. The first-order chi connectivity index (χ1) is 18.5. The number of amides is 1. The number of aromatic nitrogens is 2. The number of nitrogens with zero attached hydrogens (tertiary/aromatic N) is 4. The van der Waals surface area contributed by atoms with E-state index in [2.05, 4.69) is 64.4 Å². The van der Waals surface area contributed by atoms with Crippen molar-refractivity contribution in [2.45, 2.75) is 88.9 Å². The van der Waals surface area contributed by atoms with Gasteiger partial charge in [-0.05, 0) is 88.9 Å². The number of anilines is 1. The molecule has 38 heavy (non-hydrogen) atoms. The Morgan fingerprint density at radius 2 is 1.87 bits per heavy atom. The number of hydrogen-bond acceptors (Lipinski definition) is 6. The Morgan fingerprint density at radius 3 is 2.63 bits per heavy atom. The average Bonchev–Trinajstić information content (AvgIpc) is 3.77. The summed E-state index contributed by atoms with van der Waals surface area (Å²) in [5, 5.41) is 3.59. The van der Waals surface area contributed by atoms with Crippen molar-refractivity contribution in [3.8, 4) is 0 Å². The number of piperidine rings is 1. The molecule has 2 aliphatic heterocycles. The number of nitrogens with one attached hydrogen (secondary N) is 1. The van der Waals surface area contributed by atoms with Gasteiger partial charge in [-0.1, -0.05) is 30.3 Å². The Bertz CT molecular complexity index is 1100. The first kappa shape index (κ1) is 25.8. The molecule has 1 saturated heterocycles. The van der Waals surface area contributed by atoms with Crippen LogP contribution in [-0.2, 0) is 22.5 Å². The van der Waals surface area contributed by atoms with Crippen LogP contribution in [0.2, 0.25) is 0 Å². The van der Waals surface area contributed by atoms with Crippen molar-refractivity contribution < 1.29 is 9.53 Å². The largest absolute Gasteiger partial charge is 0.378 e. The Hall–Kier alpha value is -2.51. The third-order valence-electron chi connectivity index (χ3n) is 9.24.